The quantitative estimate of drug-likeness (QED) is 0.405. The molecule has 2 aromatic carbocycles. The number of rotatable bonds is 7. The van der Waals surface area contributed by atoms with E-state index in [1.807, 2.05) is 34.9 Å². The van der Waals surface area contributed by atoms with Crippen molar-refractivity contribution in [1.82, 2.24) is 14.8 Å². The van der Waals surface area contributed by atoms with Crippen molar-refractivity contribution < 1.29 is 9.52 Å². The number of halogens is 1. The molecular weight excluding hydrogens is 444 g/mol. The van der Waals surface area contributed by atoms with E-state index >= 15 is 0 Å². The van der Waals surface area contributed by atoms with Gasteiger partial charge in [0.05, 0.1) is 22.7 Å². The summed E-state index contributed by atoms with van der Waals surface area (Å²) in [7, 11) is 0. The topological polar surface area (TPSA) is 87.9 Å². The van der Waals surface area contributed by atoms with Gasteiger partial charge in [-0.15, -0.1) is 10.2 Å². The van der Waals surface area contributed by atoms with Gasteiger partial charge >= 0.3 is 0 Å². The molecule has 0 saturated carbocycles. The van der Waals surface area contributed by atoms with E-state index in [1.165, 1.54) is 0 Å². The lowest BCUT2D eigenvalue weighted by Crippen LogP contribution is -2.09. The first kappa shape index (κ1) is 20.3. The zero-order chi connectivity index (χ0) is 21.1. The van der Waals surface area contributed by atoms with Gasteiger partial charge in [-0.1, -0.05) is 31.5 Å². The third kappa shape index (κ3) is 3.76. The molecule has 1 N–H and O–H groups in total. The molecule has 4 aromatic rings. The molecule has 0 saturated heterocycles. The SMILES string of the molecule is CCCCc1nnc(CO)n1Cc1ccc2oc(-c3ccccc3C#N)c(Br)c2c1. The van der Waals surface area contributed by atoms with Crippen molar-refractivity contribution in [2.45, 2.75) is 39.3 Å². The normalized spacial score (nSPS) is 11.1. The van der Waals surface area contributed by atoms with Crippen molar-refractivity contribution in [3.05, 3.63) is 69.7 Å². The van der Waals surface area contributed by atoms with E-state index in [4.69, 9.17) is 4.42 Å². The van der Waals surface area contributed by atoms with Crippen LogP contribution < -0.4 is 0 Å². The van der Waals surface area contributed by atoms with Crippen LogP contribution in [0.3, 0.4) is 0 Å². The van der Waals surface area contributed by atoms with Crippen molar-refractivity contribution >= 4 is 26.9 Å². The Labute approximate surface area is 182 Å². The van der Waals surface area contributed by atoms with Crippen molar-refractivity contribution in [3.8, 4) is 17.4 Å². The standard InChI is InChI=1S/C23H21BrN4O2/c1-2-3-8-20-26-27-21(14-29)28(20)13-15-9-10-19-18(11-15)22(24)23(30-19)17-7-5-4-6-16(17)12-25/h4-7,9-11,29H,2-3,8,13-14H2,1H3. The number of benzene rings is 2. The fourth-order valence-electron chi connectivity index (χ4n) is 3.54. The van der Waals surface area contributed by atoms with E-state index in [0.29, 0.717) is 23.7 Å². The largest absolute Gasteiger partial charge is 0.455 e. The first-order valence-corrected chi connectivity index (χ1v) is 10.7. The molecule has 0 aliphatic rings. The van der Waals surface area contributed by atoms with E-state index in [-0.39, 0.29) is 6.61 Å². The van der Waals surface area contributed by atoms with Crippen LogP contribution in [0.5, 0.6) is 0 Å². The minimum atomic E-state index is -0.147. The van der Waals surface area contributed by atoms with Crippen LogP contribution >= 0.6 is 15.9 Å². The summed E-state index contributed by atoms with van der Waals surface area (Å²) in [4.78, 5) is 0. The molecule has 2 heterocycles. The van der Waals surface area contributed by atoms with E-state index in [2.05, 4.69) is 45.2 Å². The predicted molar refractivity (Wildman–Crippen MR) is 118 cm³/mol. The summed E-state index contributed by atoms with van der Waals surface area (Å²) >= 11 is 3.67. The zero-order valence-corrected chi connectivity index (χ0v) is 18.2. The van der Waals surface area contributed by atoms with Crippen LogP contribution in [0.2, 0.25) is 0 Å². The van der Waals surface area contributed by atoms with E-state index < -0.39 is 0 Å². The predicted octanol–water partition coefficient (Wildman–Crippen LogP) is 5.21. The monoisotopic (exact) mass is 464 g/mol. The minimum Gasteiger partial charge on any atom is -0.455 e. The average molecular weight is 465 g/mol. The number of aliphatic hydroxyl groups excluding tert-OH is 1. The van der Waals surface area contributed by atoms with Crippen molar-refractivity contribution in [1.29, 1.82) is 5.26 Å². The summed E-state index contributed by atoms with van der Waals surface area (Å²) in [6, 6.07) is 15.6. The van der Waals surface area contributed by atoms with Crippen molar-refractivity contribution in [2.75, 3.05) is 0 Å². The fraction of sp³-hybridized carbons (Fsp3) is 0.261. The Hall–Kier alpha value is -2.95. The van der Waals surface area contributed by atoms with Gasteiger partial charge in [0.15, 0.2) is 11.6 Å². The summed E-state index contributed by atoms with van der Waals surface area (Å²) in [5, 5.41) is 28.4. The van der Waals surface area contributed by atoms with Gasteiger partial charge in [0.1, 0.15) is 18.0 Å². The van der Waals surface area contributed by atoms with Crippen molar-refractivity contribution in [2.24, 2.45) is 0 Å². The number of hydrogen-bond acceptors (Lipinski definition) is 5. The molecule has 0 atom stereocenters. The molecule has 6 nitrogen and oxygen atoms in total. The highest BCUT2D eigenvalue weighted by Crippen LogP contribution is 2.39. The third-order valence-corrected chi connectivity index (χ3v) is 5.91. The summed E-state index contributed by atoms with van der Waals surface area (Å²) in [5.74, 6) is 2.09. The van der Waals surface area contributed by atoms with Gasteiger partial charge in [0.25, 0.3) is 0 Å². The highest BCUT2D eigenvalue weighted by atomic mass is 79.9. The molecule has 30 heavy (non-hydrogen) atoms. The maximum absolute atomic E-state index is 9.66. The van der Waals surface area contributed by atoms with Gasteiger partial charge < -0.3 is 14.1 Å². The van der Waals surface area contributed by atoms with Crippen LogP contribution in [-0.2, 0) is 19.6 Å². The van der Waals surface area contributed by atoms with Crippen LogP contribution in [0.4, 0.5) is 0 Å². The van der Waals surface area contributed by atoms with Crippen LogP contribution in [0.25, 0.3) is 22.3 Å². The number of furan rings is 1. The highest BCUT2D eigenvalue weighted by molar-refractivity contribution is 9.10. The Morgan fingerprint density at radius 3 is 2.73 bits per heavy atom. The molecule has 0 fully saturated rings. The number of hydrogen-bond donors (Lipinski definition) is 1. The Kier molecular flexibility index (Phi) is 5.98. The third-order valence-electron chi connectivity index (χ3n) is 5.12. The number of nitriles is 1. The number of aliphatic hydroxyl groups is 1. The highest BCUT2D eigenvalue weighted by Gasteiger charge is 2.18. The second kappa shape index (κ2) is 8.82. The summed E-state index contributed by atoms with van der Waals surface area (Å²) in [5.41, 5.74) is 3.12. The molecular formula is C23H21BrN4O2. The average Bonchev–Trinajstić information content (AvgIpc) is 3.32. The van der Waals surface area contributed by atoms with E-state index in [0.717, 1.165) is 51.7 Å². The van der Waals surface area contributed by atoms with Gasteiger partial charge in [-0.05, 0) is 52.2 Å². The van der Waals surface area contributed by atoms with E-state index in [1.54, 1.807) is 6.07 Å². The number of nitrogens with zero attached hydrogens (tertiary/aromatic N) is 4. The van der Waals surface area contributed by atoms with Crippen LogP contribution in [0.15, 0.2) is 51.4 Å². The summed E-state index contributed by atoms with van der Waals surface area (Å²) < 4.78 is 8.87. The summed E-state index contributed by atoms with van der Waals surface area (Å²) in [6.07, 6.45) is 2.93. The first-order valence-electron chi connectivity index (χ1n) is 9.88. The molecule has 2 aromatic heterocycles. The van der Waals surface area contributed by atoms with Crippen LogP contribution in [0, 0.1) is 11.3 Å². The van der Waals surface area contributed by atoms with Gasteiger partial charge in [-0.25, -0.2) is 0 Å². The van der Waals surface area contributed by atoms with Gasteiger partial charge in [0.2, 0.25) is 0 Å². The number of unbranched alkanes of at least 4 members (excludes halogenated alkanes) is 1. The molecule has 0 radical (unpaired) electrons. The van der Waals surface area contributed by atoms with E-state index in [9.17, 15) is 10.4 Å². The van der Waals surface area contributed by atoms with Crippen molar-refractivity contribution in [3.63, 3.8) is 0 Å². The zero-order valence-electron chi connectivity index (χ0n) is 16.6. The second-order valence-corrected chi connectivity index (χ2v) is 7.91. The molecule has 0 spiro atoms. The molecule has 0 amide bonds. The molecule has 0 unspecified atom stereocenters. The fourth-order valence-corrected chi connectivity index (χ4v) is 4.14. The maximum atomic E-state index is 9.66. The Morgan fingerprint density at radius 1 is 1.17 bits per heavy atom. The Balaban J connectivity index is 1.73. The Morgan fingerprint density at radius 2 is 1.97 bits per heavy atom. The number of aryl methyl sites for hydroxylation is 1. The minimum absolute atomic E-state index is 0.147. The smallest absolute Gasteiger partial charge is 0.159 e. The van der Waals surface area contributed by atoms with Gasteiger partial charge in [-0.2, -0.15) is 5.26 Å². The van der Waals surface area contributed by atoms with Crippen LogP contribution in [-0.4, -0.2) is 19.9 Å². The molecule has 4 rings (SSSR count). The Bertz CT molecular complexity index is 1240. The van der Waals surface area contributed by atoms with Crippen LogP contribution in [0.1, 0.15) is 42.5 Å². The molecule has 0 aliphatic carbocycles. The molecule has 0 aliphatic heterocycles. The molecule has 152 valence electrons. The van der Waals surface area contributed by atoms with Gasteiger partial charge in [0, 0.05) is 17.4 Å². The number of fused-ring (bicyclic) bond motifs is 1. The maximum Gasteiger partial charge on any atom is 0.159 e. The molecule has 7 heteroatoms. The second-order valence-electron chi connectivity index (χ2n) is 7.11. The lowest BCUT2D eigenvalue weighted by Gasteiger charge is -2.09. The summed E-state index contributed by atoms with van der Waals surface area (Å²) in [6.45, 7) is 2.56. The first-order chi connectivity index (χ1) is 14.7. The lowest BCUT2D eigenvalue weighted by molar-refractivity contribution is 0.265. The van der Waals surface area contributed by atoms with Gasteiger partial charge in [-0.3, -0.25) is 0 Å². The lowest BCUT2D eigenvalue weighted by atomic mass is 10.1. The molecule has 0 bridgehead atoms. The number of aromatic nitrogens is 3.